The topological polar surface area (TPSA) is 146 Å². The number of hydrogen-bond donors (Lipinski definition) is 4. The molecule has 0 fully saturated rings. The zero-order chi connectivity index (χ0) is 34.3. The molecule has 0 aliphatic carbocycles. The van der Waals surface area contributed by atoms with Crippen molar-refractivity contribution in [1.29, 1.82) is 0 Å². The lowest BCUT2D eigenvalue weighted by atomic mass is 10.0. The van der Waals surface area contributed by atoms with Gasteiger partial charge in [-0.25, -0.2) is 30.6 Å². The minimum absolute atomic E-state index is 0.0424. The summed E-state index contributed by atoms with van der Waals surface area (Å²) in [6, 6.07) is 8.98. The highest BCUT2D eigenvalue weighted by Crippen LogP contribution is 2.31. The lowest BCUT2D eigenvalue weighted by Gasteiger charge is -2.15. The quantitative estimate of drug-likeness (QED) is 0.102. The third-order valence-electron chi connectivity index (χ3n) is 6.17. The average molecular weight is 690 g/mol. The second kappa shape index (κ2) is 14.9. The third kappa shape index (κ3) is 11.3. The van der Waals surface area contributed by atoms with E-state index in [0.717, 1.165) is 49.3 Å². The van der Waals surface area contributed by atoms with Crippen molar-refractivity contribution in [1.82, 2.24) is 10.3 Å². The number of nitrogens with one attached hydrogen (secondary N) is 4. The molecule has 3 aromatic rings. The van der Waals surface area contributed by atoms with E-state index in [0.29, 0.717) is 13.0 Å². The molecule has 0 unspecified atom stereocenters. The Bertz CT molecular complexity index is 1830. The molecule has 1 heterocycles. The Morgan fingerprint density at radius 2 is 1.43 bits per heavy atom. The molecule has 0 radical (unpaired) electrons. The molecule has 0 atom stereocenters. The molecule has 0 spiro atoms. The average Bonchev–Trinajstić information content (AvgIpc) is 2.93. The zero-order valence-electron chi connectivity index (χ0n) is 24.9. The molecular formula is C29H32F5N5O5S2. The van der Waals surface area contributed by atoms with Gasteiger partial charge < -0.3 is 10.6 Å². The molecule has 17 heteroatoms. The maximum atomic E-state index is 14.7. The normalized spacial score (nSPS) is 12.5. The Morgan fingerprint density at radius 1 is 0.870 bits per heavy atom. The molecule has 0 saturated heterocycles. The first-order valence-corrected chi connectivity index (χ1v) is 17.5. The maximum Gasteiger partial charge on any atom is 0.433 e. The highest BCUT2D eigenvalue weighted by Gasteiger charge is 2.33. The number of amides is 1. The van der Waals surface area contributed by atoms with Crippen molar-refractivity contribution in [2.24, 2.45) is 0 Å². The molecule has 10 nitrogen and oxygen atoms in total. The summed E-state index contributed by atoms with van der Waals surface area (Å²) in [5.74, 6) is -2.70. The standard InChI is InChI=1S/C29H32F5N5O5S2/c1-4-5-12-35-27-20(8-11-26(37-27)29(32,33)34)16-21(13-18-6-9-24(22(30)14-18)38-45(2,41)42)28(40)36-17-19-7-10-25(23(31)15-19)39-46(3,43)44/h6-11,14-16,38-39H,4-5,12-13,17H2,1-3H3,(H,35,37)(H,36,40). The van der Waals surface area contributed by atoms with Crippen LogP contribution in [0.15, 0.2) is 54.1 Å². The largest absolute Gasteiger partial charge is 0.433 e. The van der Waals surface area contributed by atoms with Crippen LogP contribution >= 0.6 is 0 Å². The van der Waals surface area contributed by atoms with Gasteiger partial charge >= 0.3 is 6.18 Å². The monoisotopic (exact) mass is 689 g/mol. The number of unbranched alkanes of at least 4 members (excludes halogenated alkanes) is 1. The summed E-state index contributed by atoms with van der Waals surface area (Å²) in [4.78, 5) is 17.1. The van der Waals surface area contributed by atoms with Gasteiger partial charge in [0.25, 0.3) is 0 Å². The van der Waals surface area contributed by atoms with E-state index < -0.39 is 49.5 Å². The Balaban J connectivity index is 1.99. The first-order chi connectivity index (χ1) is 21.3. The number of carbonyl (C=O) groups is 1. The van der Waals surface area contributed by atoms with Gasteiger partial charge in [-0.15, -0.1) is 0 Å². The van der Waals surface area contributed by atoms with Crippen LogP contribution in [0.3, 0.4) is 0 Å². The van der Waals surface area contributed by atoms with E-state index >= 15 is 0 Å². The van der Waals surface area contributed by atoms with Gasteiger partial charge in [0.05, 0.1) is 23.9 Å². The van der Waals surface area contributed by atoms with Gasteiger partial charge in [-0.2, -0.15) is 13.2 Å². The van der Waals surface area contributed by atoms with Crippen molar-refractivity contribution in [3.05, 3.63) is 88.1 Å². The number of carbonyl (C=O) groups excluding carboxylic acids is 1. The van der Waals surface area contributed by atoms with Crippen molar-refractivity contribution in [2.45, 2.75) is 38.9 Å². The number of pyridine rings is 1. The number of alkyl halides is 3. The summed E-state index contributed by atoms with van der Waals surface area (Å²) in [5.41, 5.74) is -1.21. The van der Waals surface area contributed by atoms with Crippen molar-refractivity contribution >= 4 is 49.2 Å². The second-order valence-corrected chi connectivity index (χ2v) is 13.8. The maximum absolute atomic E-state index is 14.7. The molecule has 1 amide bonds. The lowest BCUT2D eigenvalue weighted by Crippen LogP contribution is -2.25. The second-order valence-electron chi connectivity index (χ2n) is 10.3. The molecule has 0 saturated carbocycles. The van der Waals surface area contributed by atoms with Gasteiger partial charge in [0.2, 0.25) is 26.0 Å². The van der Waals surface area contributed by atoms with Crippen LogP contribution in [0.1, 0.15) is 42.1 Å². The minimum atomic E-state index is -4.73. The van der Waals surface area contributed by atoms with Gasteiger partial charge in [-0.3, -0.25) is 14.2 Å². The van der Waals surface area contributed by atoms with E-state index in [1.54, 1.807) is 0 Å². The predicted molar refractivity (Wildman–Crippen MR) is 166 cm³/mol. The summed E-state index contributed by atoms with van der Waals surface area (Å²) < 4.78 is 119. The van der Waals surface area contributed by atoms with Gasteiger partial charge in [0, 0.05) is 30.6 Å². The van der Waals surface area contributed by atoms with Crippen LogP contribution in [0.5, 0.6) is 0 Å². The van der Waals surface area contributed by atoms with Gasteiger partial charge in [0.15, 0.2) is 0 Å². The molecule has 4 N–H and O–H groups in total. The number of aromatic nitrogens is 1. The Labute approximate surface area is 263 Å². The molecule has 0 bridgehead atoms. The van der Waals surface area contributed by atoms with Crippen molar-refractivity contribution in [3.8, 4) is 0 Å². The summed E-state index contributed by atoms with van der Waals surface area (Å²) in [5, 5.41) is 5.44. The smallest absolute Gasteiger partial charge is 0.370 e. The van der Waals surface area contributed by atoms with E-state index in [1.165, 1.54) is 24.3 Å². The third-order valence-corrected chi connectivity index (χ3v) is 7.35. The molecule has 3 rings (SSSR count). The van der Waals surface area contributed by atoms with Crippen molar-refractivity contribution in [3.63, 3.8) is 0 Å². The molecular weight excluding hydrogens is 657 g/mol. The van der Waals surface area contributed by atoms with E-state index in [1.807, 2.05) is 16.4 Å². The van der Waals surface area contributed by atoms with Crippen molar-refractivity contribution < 1.29 is 43.6 Å². The Morgan fingerprint density at radius 3 is 1.96 bits per heavy atom. The van der Waals surface area contributed by atoms with E-state index in [9.17, 15) is 43.6 Å². The lowest BCUT2D eigenvalue weighted by molar-refractivity contribution is -0.141. The van der Waals surface area contributed by atoms with E-state index in [-0.39, 0.29) is 52.4 Å². The number of sulfonamides is 2. The first kappa shape index (κ1) is 36.2. The molecule has 46 heavy (non-hydrogen) atoms. The first-order valence-electron chi connectivity index (χ1n) is 13.7. The summed E-state index contributed by atoms with van der Waals surface area (Å²) in [6.07, 6.45) is -0.627. The number of benzene rings is 2. The molecule has 1 aromatic heterocycles. The number of halogens is 5. The van der Waals surface area contributed by atoms with Crippen LogP contribution in [0, 0.1) is 11.6 Å². The van der Waals surface area contributed by atoms with Crippen LogP contribution in [0.25, 0.3) is 6.08 Å². The van der Waals surface area contributed by atoms with E-state index in [4.69, 9.17) is 0 Å². The van der Waals surface area contributed by atoms with Crippen LogP contribution in [-0.2, 0) is 44.0 Å². The number of rotatable bonds is 14. The van der Waals surface area contributed by atoms with E-state index in [2.05, 4.69) is 15.6 Å². The number of hydrogen-bond acceptors (Lipinski definition) is 7. The zero-order valence-corrected chi connectivity index (χ0v) is 26.6. The van der Waals surface area contributed by atoms with Crippen LogP contribution in [0.4, 0.5) is 39.1 Å². The fourth-order valence-electron chi connectivity index (χ4n) is 4.07. The SMILES string of the molecule is CCCCNc1nc(C(F)(F)F)ccc1C=C(Cc1ccc(NS(C)(=O)=O)c(F)c1)C(=O)NCc1ccc(NS(C)(=O)=O)c(F)c1. The predicted octanol–water partition coefficient (Wildman–Crippen LogP) is 5.28. The molecule has 250 valence electrons. The number of nitrogens with zero attached hydrogens (tertiary/aromatic N) is 1. The van der Waals surface area contributed by atoms with Crippen LogP contribution in [-0.4, -0.2) is 46.8 Å². The fraction of sp³-hybridized carbons (Fsp3) is 0.310. The fourth-order valence-corrected chi connectivity index (χ4v) is 5.20. The van der Waals surface area contributed by atoms with Gasteiger partial charge in [-0.1, -0.05) is 25.5 Å². The summed E-state index contributed by atoms with van der Waals surface area (Å²) in [7, 11) is -7.53. The molecule has 0 aliphatic rings. The summed E-state index contributed by atoms with van der Waals surface area (Å²) in [6.45, 7) is 1.95. The highest BCUT2D eigenvalue weighted by atomic mass is 32.2. The number of anilines is 3. The molecule has 2 aromatic carbocycles. The Hall–Kier alpha value is -4.25. The summed E-state index contributed by atoms with van der Waals surface area (Å²) >= 11 is 0. The Kier molecular flexibility index (Phi) is 11.7. The minimum Gasteiger partial charge on any atom is -0.370 e. The molecule has 0 aliphatic heterocycles. The van der Waals surface area contributed by atoms with Gasteiger partial charge in [0.1, 0.15) is 23.1 Å². The van der Waals surface area contributed by atoms with Gasteiger partial charge in [-0.05, 0) is 60.0 Å². The van der Waals surface area contributed by atoms with Crippen LogP contribution < -0.4 is 20.1 Å². The van der Waals surface area contributed by atoms with Crippen LogP contribution in [0.2, 0.25) is 0 Å². The van der Waals surface area contributed by atoms with Crippen molar-refractivity contribution in [2.75, 3.05) is 33.8 Å². The highest BCUT2D eigenvalue weighted by molar-refractivity contribution is 7.92.